The number of benzene rings is 2. The lowest BCUT2D eigenvalue weighted by molar-refractivity contribution is -0.118. The molecule has 0 saturated carbocycles. The summed E-state index contributed by atoms with van der Waals surface area (Å²) in [5, 5.41) is 13.0. The second-order valence-electron chi connectivity index (χ2n) is 5.27. The lowest BCUT2D eigenvalue weighted by Gasteiger charge is -2.38. The minimum atomic E-state index is -0.575. The molecule has 1 atom stereocenters. The number of amides is 1. The summed E-state index contributed by atoms with van der Waals surface area (Å²) in [4.78, 5) is 14.1. The fourth-order valence-corrected chi connectivity index (χ4v) is 3.20. The van der Waals surface area contributed by atoms with Crippen molar-refractivity contribution in [1.82, 2.24) is 5.32 Å². The Morgan fingerprint density at radius 1 is 1.24 bits per heavy atom. The van der Waals surface area contributed by atoms with Gasteiger partial charge < -0.3 is 15.0 Å². The highest BCUT2D eigenvalue weighted by atomic mass is 35.5. The molecule has 7 heteroatoms. The maximum atomic E-state index is 12.3. The molecule has 1 aliphatic heterocycles. The van der Waals surface area contributed by atoms with Gasteiger partial charge in [0.05, 0.1) is 12.1 Å². The number of rotatable bonds is 3. The summed E-state index contributed by atoms with van der Waals surface area (Å²) in [7, 11) is 1.56. The van der Waals surface area contributed by atoms with Crippen LogP contribution in [0.25, 0.3) is 0 Å². The van der Waals surface area contributed by atoms with Gasteiger partial charge >= 0.3 is 0 Å². The maximum Gasteiger partial charge on any atom is 0.266 e. The molecule has 2 aromatic rings. The van der Waals surface area contributed by atoms with Crippen LogP contribution < -0.4 is 15.0 Å². The first-order valence-corrected chi connectivity index (χ1v) is 8.21. The minimum absolute atomic E-state index is 0.0515. The molecule has 3 rings (SSSR count). The average Bonchev–Trinajstić information content (AvgIpc) is 2.62. The molecule has 0 spiro atoms. The number of methoxy groups -OCH3 is 1. The third kappa shape index (κ3) is 3.16. The lowest BCUT2D eigenvalue weighted by Crippen LogP contribution is -2.46. The van der Waals surface area contributed by atoms with Crippen LogP contribution in [0.1, 0.15) is 11.7 Å². The number of carbonyl (C=O) groups is 1. The van der Waals surface area contributed by atoms with E-state index in [9.17, 15) is 10.1 Å². The predicted octanol–water partition coefficient (Wildman–Crippen LogP) is 3.65. The number of para-hydroxylation sites is 1. The molecule has 1 aliphatic rings. The Balaban J connectivity index is 2.19. The van der Waals surface area contributed by atoms with Crippen LogP contribution in [0.2, 0.25) is 5.02 Å². The number of hydrogen-bond donors (Lipinski definition) is 2. The molecule has 1 heterocycles. The molecule has 0 radical (unpaired) electrons. The molecular formula is C18H14ClN3O2S. The molecule has 0 aliphatic carbocycles. The molecule has 0 saturated heterocycles. The number of thiol groups is 1. The van der Waals surface area contributed by atoms with Gasteiger partial charge in [-0.2, -0.15) is 5.26 Å². The summed E-state index contributed by atoms with van der Waals surface area (Å²) >= 11 is 10.4. The fourth-order valence-electron chi connectivity index (χ4n) is 2.69. The number of nitrogens with zero attached hydrogens (tertiary/aromatic N) is 2. The number of nitriles is 1. The second-order valence-corrected chi connectivity index (χ2v) is 6.13. The van der Waals surface area contributed by atoms with E-state index < -0.39 is 12.1 Å². The van der Waals surface area contributed by atoms with Gasteiger partial charge in [-0.25, -0.2) is 0 Å². The van der Waals surface area contributed by atoms with Crippen molar-refractivity contribution in [3.8, 4) is 11.8 Å². The van der Waals surface area contributed by atoms with Gasteiger partial charge in [-0.1, -0.05) is 29.8 Å². The molecule has 0 aromatic heterocycles. The zero-order valence-corrected chi connectivity index (χ0v) is 14.9. The monoisotopic (exact) mass is 371 g/mol. The topological polar surface area (TPSA) is 65.4 Å². The molecular weight excluding hydrogens is 358 g/mol. The van der Waals surface area contributed by atoms with Crippen LogP contribution in [0, 0.1) is 11.3 Å². The minimum Gasteiger partial charge on any atom is -0.496 e. The van der Waals surface area contributed by atoms with Crippen LogP contribution in [-0.2, 0) is 4.79 Å². The van der Waals surface area contributed by atoms with E-state index in [0.29, 0.717) is 10.8 Å². The van der Waals surface area contributed by atoms with Crippen molar-refractivity contribution in [1.29, 1.82) is 5.26 Å². The van der Waals surface area contributed by atoms with Gasteiger partial charge in [0.1, 0.15) is 23.6 Å². The van der Waals surface area contributed by atoms with Gasteiger partial charge in [-0.05, 0) is 30.3 Å². The van der Waals surface area contributed by atoms with E-state index in [4.69, 9.17) is 16.3 Å². The Morgan fingerprint density at radius 2 is 1.92 bits per heavy atom. The Kier molecular flexibility index (Phi) is 4.88. The second kappa shape index (κ2) is 7.09. The lowest BCUT2D eigenvalue weighted by atomic mass is 10.1. The first-order valence-electron chi connectivity index (χ1n) is 7.38. The summed E-state index contributed by atoms with van der Waals surface area (Å²) in [6, 6.07) is 16.3. The van der Waals surface area contributed by atoms with Crippen LogP contribution in [-0.4, -0.2) is 13.0 Å². The van der Waals surface area contributed by atoms with Crippen LogP contribution in [0.15, 0.2) is 59.1 Å². The van der Waals surface area contributed by atoms with Gasteiger partial charge in [0.2, 0.25) is 0 Å². The SMILES string of the molecule is COc1ccccc1C1NC(=O)C(C#N)=C(S)N1c1ccc(Cl)cc1. The van der Waals surface area contributed by atoms with E-state index in [0.717, 1.165) is 11.3 Å². The Morgan fingerprint density at radius 3 is 2.56 bits per heavy atom. The molecule has 0 fully saturated rings. The fraction of sp³-hybridized carbons (Fsp3) is 0.111. The van der Waals surface area contributed by atoms with E-state index in [1.165, 1.54) is 0 Å². The van der Waals surface area contributed by atoms with Gasteiger partial charge in [0, 0.05) is 16.3 Å². The smallest absolute Gasteiger partial charge is 0.266 e. The molecule has 2 aromatic carbocycles. The number of carbonyl (C=O) groups excluding carboxylic acids is 1. The van der Waals surface area contributed by atoms with Crippen molar-refractivity contribution in [2.45, 2.75) is 6.17 Å². The van der Waals surface area contributed by atoms with E-state index in [1.807, 2.05) is 30.3 Å². The van der Waals surface area contributed by atoms with E-state index in [2.05, 4.69) is 17.9 Å². The van der Waals surface area contributed by atoms with Crippen molar-refractivity contribution < 1.29 is 9.53 Å². The van der Waals surface area contributed by atoms with Gasteiger partial charge in [-0.3, -0.25) is 4.79 Å². The molecule has 1 amide bonds. The van der Waals surface area contributed by atoms with Crippen molar-refractivity contribution in [2.75, 3.05) is 12.0 Å². The Hall–Kier alpha value is -2.62. The quantitative estimate of drug-likeness (QED) is 0.808. The van der Waals surface area contributed by atoms with Crippen molar-refractivity contribution in [3.63, 3.8) is 0 Å². The van der Waals surface area contributed by atoms with Crippen molar-refractivity contribution in [3.05, 3.63) is 69.7 Å². The van der Waals surface area contributed by atoms with Gasteiger partial charge in [0.15, 0.2) is 0 Å². The number of halogens is 1. The van der Waals surface area contributed by atoms with E-state index in [1.54, 1.807) is 36.3 Å². The largest absolute Gasteiger partial charge is 0.496 e. The molecule has 126 valence electrons. The summed E-state index contributed by atoms with van der Waals surface area (Å²) in [6.45, 7) is 0. The summed E-state index contributed by atoms with van der Waals surface area (Å²) in [6.07, 6.45) is -0.575. The third-order valence-electron chi connectivity index (χ3n) is 3.85. The van der Waals surface area contributed by atoms with Crippen LogP contribution in [0.5, 0.6) is 5.75 Å². The summed E-state index contributed by atoms with van der Waals surface area (Å²) in [5.41, 5.74) is 1.43. The Bertz CT molecular complexity index is 890. The zero-order chi connectivity index (χ0) is 18.0. The first kappa shape index (κ1) is 17.2. The van der Waals surface area contributed by atoms with Gasteiger partial charge in [-0.15, -0.1) is 12.6 Å². The van der Waals surface area contributed by atoms with E-state index >= 15 is 0 Å². The molecule has 0 bridgehead atoms. The number of anilines is 1. The predicted molar refractivity (Wildman–Crippen MR) is 99.4 cm³/mol. The average molecular weight is 372 g/mol. The maximum absolute atomic E-state index is 12.3. The molecule has 1 N–H and O–H groups in total. The van der Waals surface area contributed by atoms with Crippen LogP contribution in [0.3, 0.4) is 0 Å². The third-order valence-corrected chi connectivity index (χ3v) is 4.55. The first-order chi connectivity index (χ1) is 12.1. The van der Waals surface area contributed by atoms with E-state index in [-0.39, 0.29) is 10.6 Å². The van der Waals surface area contributed by atoms with Crippen molar-refractivity contribution in [2.24, 2.45) is 0 Å². The van der Waals surface area contributed by atoms with Gasteiger partial charge in [0.25, 0.3) is 5.91 Å². The van der Waals surface area contributed by atoms with Crippen molar-refractivity contribution >= 4 is 35.8 Å². The number of ether oxygens (including phenoxy) is 1. The highest BCUT2D eigenvalue weighted by Crippen LogP contribution is 2.38. The molecule has 5 nitrogen and oxygen atoms in total. The standard InChI is InChI=1S/C18H14ClN3O2S/c1-24-15-5-3-2-4-13(15)16-21-17(23)14(10-20)18(25)22(16)12-8-6-11(19)7-9-12/h2-9,16,25H,1H3,(H,21,23). The summed E-state index contributed by atoms with van der Waals surface area (Å²) in [5.74, 6) is 0.141. The van der Waals surface area contributed by atoms with Crippen LogP contribution in [0.4, 0.5) is 5.69 Å². The summed E-state index contributed by atoms with van der Waals surface area (Å²) < 4.78 is 5.42. The number of hydrogen-bond acceptors (Lipinski definition) is 5. The molecule has 25 heavy (non-hydrogen) atoms. The number of nitrogens with one attached hydrogen (secondary N) is 1. The Labute approximate surface area is 155 Å². The zero-order valence-electron chi connectivity index (χ0n) is 13.2. The normalized spacial score (nSPS) is 17.1. The highest BCUT2D eigenvalue weighted by Gasteiger charge is 2.35. The van der Waals surface area contributed by atoms with Crippen LogP contribution >= 0.6 is 24.2 Å². The molecule has 1 unspecified atom stereocenters. The highest BCUT2D eigenvalue weighted by molar-refractivity contribution is 7.84.